The molecule has 0 spiro atoms. The van der Waals surface area contributed by atoms with Crippen molar-refractivity contribution in [3.63, 3.8) is 0 Å². The average Bonchev–Trinajstić information content (AvgIpc) is 2.38. The SMILES string of the molecule is FC(F)(F)C1CCN(c2cc(CCl)c(Cl)cn2)CC1. The Labute approximate surface area is 119 Å². The molecule has 0 saturated carbocycles. The normalized spacial score (nSPS) is 17.8. The van der Waals surface area contributed by atoms with E-state index >= 15 is 0 Å². The number of nitrogens with zero attached hydrogens (tertiary/aromatic N) is 2. The van der Waals surface area contributed by atoms with Crippen LogP contribution in [-0.4, -0.2) is 24.2 Å². The van der Waals surface area contributed by atoms with E-state index in [4.69, 9.17) is 23.2 Å². The number of hydrogen-bond donors (Lipinski definition) is 0. The van der Waals surface area contributed by atoms with Crippen molar-refractivity contribution < 1.29 is 13.2 Å². The molecule has 106 valence electrons. The highest BCUT2D eigenvalue weighted by atomic mass is 35.5. The maximum atomic E-state index is 12.6. The molecule has 1 aliphatic rings. The van der Waals surface area contributed by atoms with Crippen molar-refractivity contribution >= 4 is 29.0 Å². The van der Waals surface area contributed by atoms with Crippen LogP contribution in [0, 0.1) is 5.92 Å². The van der Waals surface area contributed by atoms with Crippen molar-refractivity contribution in [2.75, 3.05) is 18.0 Å². The summed E-state index contributed by atoms with van der Waals surface area (Å²) in [5.74, 6) is -0.308. The molecule has 0 bridgehead atoms. The summed E-state index contributed by atoms with van der Waals surface area (Å²) in [4.78, 5) is 5.99. The zero-order chi connectivity index (χ0) is 14.0. The van der Waals surface area contributed by atoms with Crippen LogP contribution in [0.5, 0.6) is 0 Å². The van der Waals surface area contributed by atoms with Crippen molar-refractivity contribution in [1.29, 1.82) is 0 Å². The smallest absolute Gasteiger partial charge is 0.357 e. The fraction of sp³-hybridized carbons (Fsp3) is 0.583. The Bertz CT molecular complexity index is 443. The van der Waals surface area contributed by atoms with Gasteiger partial charge in [0.2, 0.25) is 0 Å². The summed E-state index contributed by atoms with van der Waals surface area (Å²) in [7, 11) is 0. The van der Waals surface area contributed by atoms with Gasteiger partial charge in [0, 0.05) is 25.2 Å². The number of hydrogen-bond acceptors (Lipinski definition) is 2. The molecule has 2 nitrogen and oxygen atoms in total. The molecule has 0 unspecified atom stereocenters. The molecule has 0 aliphatic carbocycles. The van der Waals surface area contributed by atoms with E-state index in [1.807, 2.05) is 4.90 Å². The van der Waals surface area contributed by atoms with E-state index in [1.165, 1.54) is 6.20 Å². The van der Waals surface area contributed by atoms with Crippen molar-refractivity contribution in [3.05, 3.63) is 22.8 Å². The molecule has 0 radical (unpaired) electrons. The third kappa shape index (κ3) is 3.45. The van der Waals surface area contributed by atoms with E-state index in [0.29, 0.717) is 23.9 Å². The highest BCUT2D eigenvalue weighted by Crippen LogP contribution is 2.35. The number of piperidine rings is 1. The lowest BCUT2D eigenvalue weighted by Crippen LogP contribution is -2.39. The van der Waals surface area contributed by atoms with Crippen LogP contribution in [0.1, 0.15) is 18.4 Å². The lowest BCUT2D eigenvalue weighted by atomic mass is 9.96. The Morgan fingerprint density at radius 2 is 1.95 bits per heavy atom. The molecule has 1 aromatic heterocycles. The first-order chi connectivity index (χ1) is 8.91. The molecular formula is C12H13Cl2F3N2. The van der Waals surface area contributed by atoms with Gasteiger partial charge >= 0.3 is 6.18 Å². The molecule has 2 rings (SSSR count). The number of rotatable bonds is 2. The van der Waals surface area contributed by atoms with E-state index in [-0.39, 0.29) is 18.7 Å². The summed E-state index contributed by atoms with van der Waals surface area (Å²) < 4.78 is 37.7. The number of halogens is 5. The summed E-state index contributed by atoms with van der Waals surface area (Å²) in [6.07, 6.45) is -2.40. The Morgan fingerprint density at radius 1 is 1.32 bits per heavy atom. The van der Waals surface area contributed by atoms with Gasteiger partial charge in [0.1, 0.15) is 5.82 Å². The zero-order valence-corrected chi connectivity index (χ0v) is 11.6. The molecule has 0 aromatic carbocycles. The second-order valence-corrected chi connectivity index (χ2v) is 5.24. The fourth-order valence-corrected chi connectivity index (χ4v) is 2.64. The van der Waals surface area contributed by atoms with Gasteiger partial charge < -0.3 is 4.90 Å². The topological polar surface area (TPSA) is 16.1 Å². The first-order valence-corrected chi connectivity index (χ1v) is 6.85. The highest BCUT2D eigenvalue weighted by Gasteiger charge is 2.41. The van der Waals surface area contributed by atoms with Crippen LogP contribution in [0.25, 0.3) is 0 Å². The van der Waals surface area contributed by atoms with Crippen LogP contribution < -0.4 is 4.90 Å². The van der Waals surface area contributed by atoms with E-state index in [9.17, 15) is 13.2 Å². The Hall–Kier alpha value is -0.680. The molecule has 1 saturated heterocycles. The molecule has 19 heavy (non-hydrogen) atoms. The molecule has 7 heteroatoms. The molecule has 0 atom stereocenters. The molecule has 1 aliphatic heterocycles. The van der Waals surface area contributed by atoms with Crippen LogP contribution in [0.15, 0.2) is 12.3 Å². The largest absolute Gasteiger partial charge is 0.391 e. The van der Waals surface area contributed by atoms with Crippen LogP contribution in [0.3, 0.4) is 0 Å². The van der Waals surface area contributed by atoms with Gasteiger partial charge in [0.15, 0.2) is 0 Å². The first kappa shape index (κ1) is 14.7. The molecule has 0 amide bonds. The van der Waals surface area contributed by atoms with Gasteiger partial charge in [-0.1, -0.05) is 11.6 Å². The first-order valence-electron chi connectivity index (χ1n) is 5.94. The van der Waals surface area contributed by atoms with Gasteiger partial charge in [-0.3, -0.25) is 0 Å². The van der Waals surface area contributed by atoms with Crippen LogP contribution in [0.4, 0.5) is 19.0 Å². The minimum atomic E-state index is -4.10. The molecule has 2 heterocycles. The molecule has 1 aromatic rings. The summed E-state index contributed by atoms with van der Waals surface area (Å²) >= 11 is 11.7. The number of anilines is 1. The molecular weight excluding hydrogens is 300 g/mol. The highest BCUT2D eigenvalue weighted by molar-refractivity contribution is 6.32. The molecule has 0 N–H and O–H groups in total. The van der Waals surface area contributed by atoms with Crippen molar-refractivity contribution in [2.45, 2.75) is 24.9 Å². The summed E-state index contributed by atoms with van der Waals surface area (Å²) in [6, 6.07) is 1.74. The van der Waals surface area contributed by atoms with Crippen molar-refractivity contribution in [1.82, 2.24) is 4.98 Å². The van der Waals surface area contributed by atoms with Gasteiger partial charge in [0.05, 0.1) is 10.9 Å². The van der Waals surface area contributed by atoms with Crippen LogP contribution in [-0.2, 0) is 5.88 Å². The Balaban J connectivity index is 2.05. The predicted octanol–water partition coefficient (Wildman–Crippen LogP) is 4.25. The lowest BCUT2D eigenvalue weighted by molar-refractivity contribution is -0.179. The third-order valence-corrected chi connectivity index (χ3v) is 3.97. The van der Waals surface area contributed by atoms with Gasteiger partial charge in [-0.05, 0) is 24.5 Å². The van der Waals surface area contributed by atoms with Crippen molar-refractivity contribution in [3.8, 4) is 0 Å². The molecule has 1 fully saturated rings. The van der Waals surface area contributed by atoms with E-state index in [0.717, 1.165) is 5.56 Å². The van der Waals surface area contributed by atoms with E-state index < -0.39 is 12.1 Å². The zero-order valence-electron chi connectivity index (χ0n) is 10.1. The maximum absolute atomic E-state index is 12.6. The van der Waals surface area contributed by atoms with Gasteiger partial charge in [-0.15, -0.1) is 11.6 Å². The van der Waals surface area contributed by atoms with E-state index in [1.54, 1.807) is 6.07 Å². The fourth-order valence-electron chi connectivity index (χ4n) is 2.18. The van der Waals surface area contributed by atoms with Crippen LogP contribution >= 0.6 is 23.2 Å². The average molecular weight is 313 g/mol. The lowest BCUT2D eigenvalue weighted by Gasteiger charge is -2.33. The Morgan fingerprint density at radius 3 is 2.47 bits per heavy atom. The minimum Gasteiger partial charge on any atom is -0.357 e. The predicted molar refractivity (Wildman–Crippen MR) is 69.8 cm³/mol. The summed E-state index contributed by atoms with van der Waals surface area (Å²) in [5.41, 5.74) is 0.742. The standard InChI is InChI=1S/C12H13Cl2F3N2/c13-6-8-5-11(18-7-10(8)14)19-3-1-9(2-4-19)12(15,16)17/h5,7,9H,1-4,6H2. The third-order valence-electron chi connectivity index (χ3n) is 3.35. The second kappa shape index (κ2) is 5.75. The summed E-state index contributed by atoms with van der Waals surface area (Å²) in [5, 5.41) is 0.476. The number of pyridine rings is 1. The quantitative estimate of drug-likeness (QED) is 0.759. The van der Waals surface area contributed by atoms with Gasteiger partial charge in [0.25, 0.3) is 0 Å². The van der Waals surface area contributed by atoms with Gasteiger partial charge in [-0.25, -0.2) is 4.98 Å². The number of alkyl halides is 4. The Kier molecular flexibility index (Phi) is 4.46. The number of aromatic nitrogens is 1. The minimum absolute atomic E-state index is 0.101. The van der Waals surface area contributed by atoms with Gasteiger partial charge in [-0.2, -0.15) is 13.2 Å². The van der Waals surface area contributed by atoms with E-state index in [2.05, 4.69) is 4.98 Å². The summed E-state index contributed by atoms with van der Waals surface area (Å²) in [6.45, 7) is 0.696. The van der Waals surface area contributed by atoms with Crippen molar-refractivity contribution in [2.24, 2.45) is 5.92 Å². The second-order valence-electron chi connectivity index (χ2n) is 4.57. The monoisotopic (exact) mass is 312 g/mol. The van der Waals surface area contributed by atoms with Crippen LogP contribution in [0.2, 0.25) is 5.02 Å². The maximum Gasteiger partial charge on any atom is 0.391 e.